The molecular formula is C16H18N2. The average molecular weight is 238 g/mol. The zero-order valence-corrected chi connectivity index (χ0v) is 10.7. The first-order valence-corrected chi connectivity index (χ1v) is 6.56. The quantitative estimate of drug-likeness (QED) is 0.797. The fourth-order valence-corrected chi connectivity index (χ4v) is 2.67. The van der Waals surface area contributed by atoms with Gasteiger partial charge in [0.15, 0.2) is 0 Å². The van der Waals surface area contributed by atoms with Gasteiger partial charge in [0.1, 0.15) is 5.82 Å². The minimum Gasteiger partial charge on any atom is -0.356 e. The molecule has 1 aromatic carbocycles. The van der Waals surface area contributed by atoms with E-state index in [0.29, 0.717) is 5.92 Å². The summed E-state index contributed by atoms with van der Waals surface area (Å²) in [5.41, 5.74) is 2.54. The molecule has 0 bridgehead atoms. The van der Waals surface area contributed by atoms with Crippen molar-refractivity contribution in [2.45, 2.75) is 19.3 Å². The maximum absolute atomic E-state index is 4.61. The molecule has 1 unspecified atom stereocenters. The number of pyridine rings is 1. The molecule has 0 aliphatic carbocycles. The number of aromatic nitrogens is 1. The Hall–Kier alpha value is -1.83. The lowest BCUT2D eigenvalue weighted by molar-refractivity contribution is 0.774. The number of hydrogen-bond donors (Lipinski definition) is 0. The van der Waals surface area contributed by atoms with E-state index in [-0.39, 0.29) is 0 Å². The number of aryl methyl sites for hydroxylation is 1. The van der Waals surface area contributed by atoms with Crippen LogP contribution in [0.2, 0.25) is 0 Å². The van der Waals surface area contributed by atoms with Gasteiger partial charge in [-0.3, -0.25) is 0 Å². The zero-order valence-electron chi connectivity index (χ0n) is 10.7. The van der Waals surface area contributed by atoms with Crippen LogP contribution < -0.4 is 4.90 Å². The zero-order chi connectivity index (χ0) is 12.4. The summed E-state index contributed by atoms with van der Waals surface area (Å²) in [4.78, 5) is 7.00. The third kappa shape index (κ3) is 2.23. The Morgan fingerprint density at radius 3 is 2.67 bits per heavy atom. The highest BCUT2D eigenvalue weighted by molar-refractivity contribution is 5.42. The summed E-state index contributed by atoms with van der Waals surface area (Å²) in [6, 6.07) is 17.1. The summed E-state index contributed by atoms with van der Waals surface area (Å²) in [6.07, 6.45) is 1.22. The molecule has 0 amide bonds. The minimum atomic E-state index is 0.647. The monoisotopic (exact) mass is 238 g/mol. The van der Waals surface area contributed by atoms with Gasteiger partial charge in [0.05, 0.1) is 0 Å². The number of hydrogen-bond acceptors (Lipinski definition) is 2. The predicted molar refractivity (Wildman–Crippen MR) is 75.0 cm³/mol. The van der Waals surface area contributed by atoms with E-state index in [2.05, 4.69) is 52.3 Å². The van der Waals surface area contributed by atoms with E-state index in [9.17, 15) is 0 Å². The van der Waals surface area contributed by atoms with Crippen LogP contribution in [-0.4, -0.2) is 18.1 Å². The predicted octanol–water partition coefficient (Wildman–Crippen LogP) is 3.38. The van der Waals surface area contributed by atoms with Crippen molar-refractivity contribution in [2.75, 3.05) is 18.0 Å². The summed E-state index contributed by atoms with van der Waals surface area (Å²) < 4.78 is 0. The van der Waals surface area contributed by atoms with Crippen LogP contribution in [0, 0.1) is 6.92 Å². The van der Waals surface area contributed by atoms with E-state index in [1.54, 1.807) is 0 Å². The van der Waals surface area contributed by atoms with E-state index >= 15 is 0 Å². The van der Waals surface area contributed by atoms with Crippen LogP contribution in [0.4, 0.5) is 5.82 Å². The van der Waals surface area contributed by atoms with Crippen molar-refractivity contribution in [3.63, 3.8) is 0 Å². The molecule has 2 nitrogen and oxygen atoms in total. The molecule has 2 heterocycles. The first-order chi connectivity index (χ1) is 8.83. The highest BCUT2D eigenvalue weighted by atomic mass is 15.2. The molecule has 0 radical (unpaired) electrons. The van der Waals surface area contributed by atoms with Gasteiger partial charge in [-0.2, -0.15) is 0 Å². The lowest BCUT2D eigenvalue weighted by Crippen LogP contribution is -2.20. The van der Waals surface area contributed by atoms with E-state index in [1.807, 2.05) is 13.0 Å². The average Bonchev–Trinajstić information content (AvgIpc) is 2.89. The molecule has 1 atom stereocenters. The van der Waals surface area contributed by atoms with E-state index in [0.717, 1.165) is 24.6 Å². The second-order valence-corrected chi connectivity index (χ2v) is 4.98. The Morgan fingerprint density at radius 1 is 1.06 bits per heavy atom. The Kier molecular flexibility index (Phi) is 3.01. The summed E-state index contributed by atoms with van der Waals surface area (Å²) in [6.45, 7) is 4.24. The van der Waals surface area contributed by atoms with Gasteiger partial charge in [0.25, 0.3) is 0 Å². The van der Waals surface area contributed by atoms with Gasteiger partial charge in [-0.25, -0.2) is 4.98 Å². The van der Waals surface area contributed by atoms with Crippen LogP contribution in [0.1, 0.15) is 23.6 Å². The van der Waals surface area contributed by atoms with Crippen molar-refractivity contribution in [1.29, 1.82) is 0 Å². The van der Waals surface area contributed by atoms with Crippen molar-refractivity contribution >= 4 is 5.82 Å². The van der Waals surface area contributed by atoms with Crippen LogP contribution >= 0.6 is 0 Å². The standard InChI is InChI=1S/C16H18N2/c1-13-6-5-9-16(17-13)18-11-10-15(12-18)14-7-3-2-4-8-14/h2-9,15H,10-12H2,1H3. The molecule has 1 aromatic heterocycles. The van der Waals surface area contributed by atoms with Gasteiger partial charge >= 0.3 is 0 Å². The lowest BCUT2D eigenvalue weighted by Gasteiger charge is -2.18. The second kappa shape index (κ2) is 4.81. The van der Waals surface area contributed by atoms with Gasteiger partial charge in [-0.15, -0.1) is 0 Å². The van der Waals surface area contributed by atoms with Gasteiger partial charge in [0.2, 0.25) is 0 Å². The molecule has 1 aliphatic heterocycles. The smallest absolute Gasteiger partial charge is 0.128 e. The fraction of sp³-hybridized carbons (Fsp3) is 0.312. The number of nitrogens with zero attached hydrogens (tertiary/aromatic N) is 2. The van der Waals surface area contributed by atoms with Gasteiger partial charge in [-0.05, 0) is 31.0 Å². The third-order valence-corrected chi connectivity index (χ3v) is 3.66. The summed E-state index contributed by atoms with van der Waals surface area (Å²) >= 11 is 0. The van der Waals surface area contributed by atoms with E-state index in [1.165, 1.54) is 12.0 Å². The number of rotatable bonds is 2. The van der Waals surface area contributed by atoms with Crippen molar-refractivity contribution in [2.24, 2.45) is 0 Å². The van der Waals surface area contributed by atoms with Crippen LogP contribution in [-0.2, 0) is 0 Å². The van der Waals surface area contributed by atoms with Crippen LogP contribution in [0.3, 0.4) is 0 Å². The van der Waals surface area contributed by atoms with Gasteiger partial charge < -0.3 is 4.90 Å². The minimum absolute atomic E-state index is 0.647. The fourth-order valence-electron chi connectivity index (χ4n) is 2.67. The van der Waals surface area contributed by atoms with Crippen LogP contribution in [0.15, 0.2) is 48.5 Å². The normalized spacial score (nSPS) is 19.2. The molecule has 1 aliphatic rings. The first kappa shape index (κ1) is 11.3. The molecule has 2 aromatic rings. The molecule has 1 fully saturated rings. The third-order valence-electron chi connectivity index (χ3n) is 3.66. The Labute approximate surface area is 108 Å². The highest BCUT2D eigenvalue weighted by Crippen LogP contribution is 2.29. The van der Waals surface area contributed by atoms with Crippen LogP contribution in [0.5, 0.6) is 0 Å². The summed E-state index contributed by atoms with van der Waals surface area (Å²) in [7, 11) is 0. The molecule has 0 saturated carbocycles. The maximum atomic E-state index is 4.61. The Morgan fingerprint density at radius 2 is 1.89 bits per heavy atom. The largest absolute Gasteiger partial charge is 0.356 e. The van der Waals surface area contributed by atoms with Crippen LogP contribution in [0.25, 0.3) is 0 Å². The first-order valence-electron chi connectivity index (χ1n) is 6.56. The van der Waals surface area contributed by atoms with Crippen molar-refractivity contribution in [3.05, 3.63) is 59.8 Å². The summed E-state index contributed by atoms with van der Waals surface area (Å²) in [5.74, 6) is 1.77. The summed E-state index contributed by atoms with van der Waals surface area (Å²) in [5, 5.41) is 0. The molecule has 1 saturated heterocycles. The topological polar surface area (TPSA) is 16.1 Å². The van der Waals surface area contributed by atoms with E-state index < -0.39 is 0 Å². The molecule has 2 heteroatoms. The van der Waals surface area contributed by atoms with Crippen molar-refractivity contribution < 1.29 is 0 Å². The number of benzene rings is 1. The van der Waals surface area contributed by atoms with E-state index in [4.69, 9.17) is 0 Å². The molecule has 0 N–H and O–H groups in total. The SMILES string of the molecule is Cc1cccc(N2CCC(c3ccccc3)C2)n1. The molecule has 92 valence electrons. The molecule has 18 heavy (non-hydrogen) atoms. The lowest BCUT2D eigenvalue weighted by atomic mass is 9.99. The Bertz CT molecular complexity index is 522. The maximum Gasteiger partial charge on any atom is 0.128 e. The molecular weight excluding hydrogens is 220 g/mol. The van der Waals surface area contributed by atoms with Crippen molar-refractivity contribution in [3.8, 4) is 0 Å². The Balaban J connectivity index is 1.76. The molecule has 0 spiro atoms. The van der Waals surface area contributed by atoms with Crippen molar-refractivity contribution in [1.82, 2.24) is 4.98 Å². The van der Waals surface area contributed by atoms with Gasteiger partial charge in [-0.1, -0.05) is 36.4 Å². The molecule has 3 rings (SSSR count). The highest BCUT2D eigenvalue weighted by Gasteiger charge is 2.24. The van der Waals surface area contributed by atoms with Gasteiger partial charge in [0, 0.05) is 24.7 Å². The number of anilines is 1. The second-order valence-electron chi connectivity index (χ2n) is 4.98.